The third-order valence-corrected chi connectivity index (χ3v) is 5.42. The lowest BCUT2D eigenvalue weighted by molar-refractivity contribution is 0.240. The van der Waals surface area contributed by atoms with E-state index in [0.29, 0.717) is 17.4 Å². The van der Waals surface area contributed by atoms with Crippen LogP contribution in [0.15, 0.2) is 53.3 Å². The summed E-state index contributed by atoms with van der Waals surface area (Å²) in [6.45, 7) is 4.63. The van der Waals surface area contributed by atoms with E-state index in [4.69, 9.17) is 16.6 Å². The highest BCUT2D eigenvalue weighted by atomic mass is 35.5. The maximum Gasteiger partial charge on any atom is 0.254 e. The lowest BCUT2D eigenvalue weighted by Gasteiger charge is -2.28. The third-order valence-electron chi connectivity index (χ3n) is 5.16. The molecule has 4 nitrogen and oxygen atoms in total. The summed E-state index contributed by atoms with van der Waals surface area (Å²) in [5.41, 5.74) is 5.26. The maximum absolute atomic E-state index is 12.6. The van der Waals surface area contributed by atoms with Crippen LogP contribution >= 0.6 is 11.6 Å². The molecule has 27 heavy (non-hydrogen) atoms. The molecule has 5 heteroatoms. The van der Waals surface area contributed by atoms with Gasteiger partial charge in [0.25, 0.3) is 5.56 Å². The third kappa shape index (κ3) is 3.82. The number of nitrogens with zero attached hydrogens (tertiary/aromatic N) is 2. The van der Waals surface area contributed by atoms with Gasteiger partial charge >= 0.3 is 0 Å². The van der Waals surface area contributed by atoms with Gasteiger partial charge in [0.2, 0.25) is 0 Å². The lowest BCUT2D eigenvalue weighted by Crippen LogP contribution is -2.35. The Bertz CT molecular complexity index is 1010. The molecule has 0 radical (unpaired) electrons. The molecule has 1 N–H and O–H groups in total. The number of fused-ring (bicyclic) bond motifs is 1. The highest BCUT2D eigenvalue weighted by molar-refractivity contribution is 6.30. The van der Waals surface area contributed by atoms with Gasteiger partial charge in [-0.25, -0.2) is 4.98 Å². The van der Waals surface area contributed by atoms with Crippen molar-refractivity contribution in [1.29, 1.82) is 0 Å². The van der Waals surface area contributed by atoms with Gasteiger partial charge in [-0.1, -0.05) is 42.8 Å². The number of aromatic amines is 1. The topological polar surface area (TPSA) is 49.0 Å². The van der Waals surface area contributed by atoms with Crippen LogP contribution in [0.4, 0.5) is 0 Å². The molecule has 0 unspecified atom stereocenters. The van der Waals surface area contributed by atoms with Gasteiger partial charge in [-0.05, 0) is 48.2 Å². The van der Waals surface area contributed by atoms with E-state index < -0.39 is 0 Å². The Morgan fingerprint density at radius 1 is 1.11 bits per heavy atom. The first-order valence-electron chi connectivity index (χ1n) is 9.31. The van der Waals surface area contributed by atoms with Crippen LogP contribution in [0.2, 0.25) is 5.02 Å². The zero-order valence-electron chi connectivity index (χ0n) is 15.3. The van der Waals surface area contributed by atoms with Crippen molar-refractivity contribution in [3.63, 3.8) is 0 Å². The number of hydrogen-bond acceptors (Lipinski definition) is 3. The Kier molecular flexibility index (Phi) is 5.10. The second kappa shape index (κ2) is 7.67. The summed E-state index contributed by atoms with van der Waals surface area (Å²) >= 11 is 5.97. The predicted octanol–water partition coefficient (Wildman–Crippen LogP) is 4.21. The van der Waals surface area contributed by atoms with E-state index in [-0.39, 0.29) is 5.56 Å². The minimum Gasteiger partial charge on any atom is -0.306 e. The number of H-pyrrole nitrogens is 1. The standard InChI is InChI=1S/C22H22ClN3O/c1-2-15-5-3-4-6-17(15)13-26-12-11-19-20(14-26)24-21(25-22(19)27)16-7-9-18(23)10-8-16/h3-10H,2,11-14H2,1H3,(H,24,25,27). The second-order valence-corrected chi connectivity index (χ2v) is 7.37. The maximum atomic E-state index is 12.6. The molecule has 0 amide bonds. The van der Waals surface area contributed by atoms with Crippen molar-refractivity contribution in [3.8, 4) is 11.4 Å². The Hall–Kier alpha value is -2.43. The minimum absolute atomic E-state index is 0.0291. The van der Waals surface area contributed by atoms with Crippen LogP contribution in [0.25, 0.3) is 11.4 Å². The largest absolute Gasteiger partial charge is 0.306 e. The average molecular weight is 380 g/mol. The van der Waals surface area contributed by atoms with Crippen LogP contribution in [-0.2, 0) is 25.9 Å². The monoisotopic (exact) mass is 379 g/mol. The van der Waals surface area contributed by atoms with Gasteiger partial charge in [0.05, 0.1) is 5.69 Å². The second-order valence-electron chi connectivity index (χ2n) is 6.93. The summed E-state index contributed by atoms with van der Waals surface area (Å²) in [5.74, 6) is 0.603. The Balaban J connectivity index is 1.61. The molecule has 2 heterocycles. The summed E-state index contributed by atoms with van der Waals surface area (Å²) in [7, 11) is 0. The number of halogens is 1. The first-order valence-corrected chi connectivity index (χ1v) is 9.69. The zero-order chi connectivity index (χ0) is 18.8. The summed E-state index contributed by atoms with van der Waals surface area (Å²) in [5, 5.41) is 0.667. The van der Waals surface area contributed by atoms with E-state index in [9.17, 15) is 4.79 Å². The molecule has 1 aliphatic heterocycles. The van der Waals surface area contributed by atoms with Crippen molar-refractivity contribution in [3.05, 3.63) is 86.3 Å². The van der Waals surface area contributed by atoms with Crippen LogP contribution < -0.4 is 5.56 Å². The smallest absolute Gasteiger partial charge is 0.254 e. The molecule has 0 spiro atoms. The summed E-state index contributed by atoms with van der Waals surface area (Å²) in [6, 6.07) is 15.9. The van der Waals surface area contributed by atoms with Crippen LogP contribution in [0, 0.1) is 0 Å². The molecule has 0 aliphatic carbocycles. The average Bonchev–Trinajstić information content (AvgIpc) is 2.68. The highest BCUT2D eigenvalue weighted by Crippen LogP contribution is 2.22. The van der Waals surface area contributed by atoms with E-state index in [1.807, 2.05) is 24.3 Å². The normalized spacial score (nSPS) is 14.1. The van der Waals surface area contributed by atoms with E-state index >= 15 is 0 Å². The van der Waals surface area contributed by atoms with Crippen LogP contribution in [0.5, 0.6) is 0 Å². The number of rotatable bonds is 4. The SMILES string of the molecule is CCc1ccccc1CN1CCc2c(nc(-c3ccc(Cl)cc3)[nH]c2=O)C1. The van der Waals surface area contributed by atoms with Gasteiger partial charge in [0.1, 0.15) is 5.82 Å². The van der Waals surface area contributed by atoms with Gasteiger partial charge < -0.3 is 4.98 Å². The van der Waals surface area contributed by atoms with Crippen LogP contribution in [0.3, 0.4) is 0 Å². The molecule has 2 aromatic carbocycles. The highest BCUT2D eigenvalue weighted by Gasteiger charge is 2.22. The summed E-state index contributed by atoms with van der Waals surface area (Å²) in [4.78, 5) is 22.6. The molecule has 138 valence electrons. The van der Waals surface area contributed by atoms with E-state index in [1.54, 1.807) is 0 Å². The Morgan fingerprint density at radius 2 is 1.85 bits per heavy atom. The first-order chi connectivity index (χ1) is 13.1. The van der Waals surface area contributed by atoms with Crippen molar-refractivity contribution in [2.45, 2.75) is 32.9 Å². The number of hydrogen-bond donors (Lipinski definition) is 1. The van der Waals surface area contributed by atoms with Crippen LogP contribution in [-0.4, -0.2) is 21.4 Å². The predicted molar refractivity (Wildman–Crippen MR) is 109 cm³/mol. The van der Waals surface area contributed by atoms with E-state index in [2.05, 4.69) is 41.1 Å². The number of aromatic nitrogens is 2. The Morgan fingerprint density at radius 3 is 2.59 bits per heavy atom. The molecule has 3 aromatic rings. The molecule has 0 fully saturated rings. The van der Waals surface area contributed by atoms with Crippen molar-refractivity contribution < 1.29 is 0 Å². The van der Waals surface area contributed by atoms with E-state index in [0.717, 1.165) is 42.8 Å². The van der Waals surface area contributed by atoms with Gasteiger partial charge in [-0.15, -0.1) is 0 Å². The fourth-order valence-electron chi connectivity index (χ4n) is 3.67. The van der Waals surface area contributed by atoms with Gasteiger partial charge in [0.15, 0.2) is 0 Å². The number of benzene rings is 2. The minimum atomic E-state index is -0.0291. The molecular formula is C22H22ClN3O. The molecule has 4 rings (SSSR count). The van der Waals surface area contributed by atoms with Crippen molar-refractivity contribution in [1.82, 2.24) is 14.9 Å². The molecule has 0 saturated carbocycles. The number of aryl methyl sites for hydroxylation is 1. The number of nitrogens with one attached hydrogen (secondary N) is 1. The van der Waals surface area contributed by atoms with E-state index in [1.165, 1.54) is 11.1 Å². The van der Waals surface area contributed by atoms with Crippen molar-refractivity contribution in [2.75, 3.05) is 6.54 Å². The Labute approximate surface area is 163 Å². The quantitative estimate of drug-likeness (QED) is 0.738. The van der Waals surface area contributed by atoms with Crippen molar-refractivity contribution >= 4 is 11.6 Å². The molecule has 0 bridgehead atoms. The lowest BCUT2D eigenvalue weighted by atomic mass is 10.0. The molecule has 1 aromatic heterocycles. The molecular weight excluding hydrogens is 358 g/mol. The molecule has 0 atom stereocenters. The fourth-order valence-corrected chi connectivity index (χ4v) is 3.80. The van der Waals surface area contributed by atoms with Gasteiger partial charge in [-0.3, -0.25) is 9.69 Å². The molecule has 0 saturated heterocycles. The fraction of sp³-hybridized carbons (Fsp3) is 0.273. The first kappa shape index (κ1) is 18.0. The van der Waals surface area contributed by atoms with Crippen LogP contribution in [0.1, 0.15) is 29.3 Å². The van der Waals surface area contributed by atoms with Crippen molar-refractivity contribution in [2.24, 2.45) is 0 Å². The summed E-state index contributed by atoms with van der Waals surface area (Å²) < 4.78 is 0. The summed E-state index contributed by atoms with van der Waals surface area (Å²) in [6.07, 6.45) is 1.76. The zero-order valence-corrected chi connectivity index (χ0v) is 16.1. The van der Waals surface area contributed by atoms with Gasteiger partial charge in [-0.2, -0.15) is 0 Å². The molecule has 1 aliphatic rings. The van der Waals surface area contributed by atoms with Gasteiger partial charge in [0, 0.05) is 35.8 Å².